The van der Waals surface area contributed by atoms with Gasteiger partial charge in [-0.05, 0) is 12.1 Å². The van der Waals surface area contributed by atoms with Crippen LogP contribution in [0.15, 0.2) is 36.7 Å². The molecule has 0 aliphatic rings. The van der Waals surface area contributed by atoms with Gasteiger partial charge in [0.05, 0.1) is 4.92 Å². The minimum Gasteiger partial charge on any atom is -0.480 e. The smallest absolute Gasteiger partial charge is 0.323 e. The second-order valence-corrected chi connectivity index (χ2v) is 3.58. The monoisotopic (exact) mass is 247 g/mol. The van der Waals surface area contributed by atoms with E-state index in [0.29, 0.717) is 11.4 Å². The van der Waals surface area contributed by atoms with Crippen LogP contribution in [0.5, 0.6) is 0 Å². The van der Waals surface area contributed by atoms with E-state index in [9.17, 15) is 14.9 Å². The fourth-order valence-electron chi connectivity index (χ4n) is 1.58. The number of hydrogen-bond donors (Lipinski definition) is 1. The minimum absolute atomic E-state index is 0.0184. The van der Waals surface area contributed by atoms with E-state index in [1.54, 1.807) is 18.3 Å². The van der Waals surface area contributed by atoms with Gasteiger partial charge in [-0.15, -0.1) is 0 Å². The van der Waals surface area contributed by atoms with E-state index in [0.717, 1.165) is 0 Å². The summed E-state index contributed by atoms with van der Waals surface area (Å²) in [6, 6.07) is 5.79. The molecular formula is C11H9N3O4. The number of rotatable bonds is 4. The van der Waals surface area contributed by atoms with Gasteiger partial charge in [-0.25, -0.2) is 4.98 Å². The average Bonchev–Trinajstić information content (AvgIpc) is 2.76. The summed E-state index contributed by atoms with van der Waals surface area (Å²) < 4.78 is 1.46. The zero-order chi connectivity index (χ0) is 13.1. The molecule has 1 aromatic carbocycles. The fourth-order valence-corrected chi connectivity index (χ4v) is 1.58. The summed E-state index contributed by atoms with van der Waals surface area (Å²) >= 11 is 0. The molecule has 0 spiro atoms. The predicted octanol–water partition coefficient (Wildman–Crippen LogP) is 1.54. The Labute approximate surface area is 101 Å². The summed E-state index contributed by atoms with van der Waals surface area (Å²) in [5.74, 6) is -0.511. The number of benzene rings is 1. The van der Waals surface area contributed by atoms with E-state index in [4.69, 9.17) is 5.11 Å². The van der Waals surface area contributed by atoms with Crippen LogP contribution in [0.2, 0.25) is 0 Å². The lowest BCUT2D eigenvalue weighted by molar-refractivity contribution is -0.384. The third-order valence-electron chi connectivity index (χ3n) is 2.36. The van der Waals surface area contributed by atoms with Crippen molar-refractivity contribution in [2.24, 2.45) is 0 Å². The van der Waals surface area contributed by atoms with Crippen molar-refractivity contribution in [2.75, 3.05) is 0 Å². The predicted molar refractivity (Wildman–Crippen MR) is 62.0 cm³/mol. The van der Waals surface area contributed by atoms with Gasteiger partial charge in [0.25, 0.3) is 5.69 Å². The van der Waals surface area contributed by atoms with Crippen LogP contribution < -0.4 is 0 Å². The number of nitro groups is 1. The highest BCUT2D eigenvalue weighted by atomic mass is 16.6. The number of imidazole rings is 1. The SMILES string of the molecule is O=C(O)Cn1ccnc1-c1ccc([N+](=O)[O-])cc1. The van der Waals surface area contributed by atoms with Gasteiger partial charge >= 0.3 is 5.97 Å². The third-order valence-corrected chi connectivity index (χ3v) is 2.36. The van der Waals surface area contributed by atoms with Crippen molar-refractivity contribution < 1.29 is 14.8 Å². The van der Waals surface area contributed by atoms with Crippen LogP contribution in [-0.2, 0) is 11.3 Å². The Bertz CT molecular complexity index is 589. The quantitative estimate of drug-likeness (QED) is 0.652. The molecule has 1 aromatic heterocycles. The van der Waals surface area contributed by atoms with Crippen molar-refractivity contribution in [1.29, 1.82) is 0 Å². The van der Waals surface area contributed by atoms with E-state index in [1.165, 1.54) is 22.9 Å². The van der Waals surface area contributed by atoms with Gasteiger partial charge in [0.1, 0.15) is 12.4 Å². The summed E-state index contributed by atoms with van der Waals surface area (Å²) in [6.45, 7) is -0.202. The van der Waals surface area contributed by atoms with Crippen molar-refractivity contribution >= 4 is 11.7 Å². The van der Waals surface area contributed by atoms with Crippen LogP contribution in [0.3, 0.4) is 0 Å². The van der Waals surface area contributed by atoms with E-state index >= 15 is 0 Å². The first-order valence-corrected chi connectivity index (χ1v) is 5.05. The first kappa shape index (κ1) is 11.8. The molecule has 0 amide bonds. The summed E-state index contributed by atoms with van der Waals surface area (Å²) in [5.41, 5.74) is 0.613. The normalized spacial score (nSPS) is 10.2. The second-order valence-electron chi connectivity index (χ2n) is 3.58. The first-order chi connectivity index (χ1) is 8.58. The average molecular weight is 247 g/mol. The fraction of sp³-hybridized carbons (Fsp3) is 0.0909. The van der Waals surface area contributed by atoms with Gasteiger partial charge in [-0.1, -0.05) is 0 Å². The van der Waals surface area contributed by atoms with Crippen LogP contribution in [0.4, 0.5) is 5.69 Å². The zero-order valence-electron chi connectivity index (χ0n) is 9.18. The van der Waals surface area contributed by atoms with Crippen LogP contribution >= 0.6 is 0 Å². The highest BCUT2D eigenvalue weighted by Crippen LogP contribution is 2.20. The van der Waals surface area contributed by atoms with Crippen molar-refractivity contribution in [3.8, 4) is 11.4 Å². The molecule has 0 fully saturated rings. The molecule has 0 saturated heterocycles. The van der Waals surface area contributed by atoms with E-state index in [-0.39, 0.29) is 12.2 Å². The van der Waals surface area contributed by atoms with E-state index in [1.807, 2.05) is 0 Å². The Kier molecular flexibility index (Phi) is 3.05. The number of aliphatic carboxylic acids is 1. The van der Waals surface area contributed by atoms with Gasteiger partial charge < -0.3 is 9.67 Å². The molecule has 18 heavy (non-hydrogen) atoms. The van der Waals surface area contributed by atoms with E-state index in [2.05, 4.69) is 4.98 Å². The lowest BCUT2D eigenvalue weighted by atomic mass is 10.2. The molecule has 0 saturated carbocycles. The number of carboxylic acid groups (broad SMARTS) is 1. The Hall–Kier alpha value is -2.70. The molecule has 7 heteroatoms. The van der Waals surface area contributed by atoms with Crippen LogP contribution in [-0.4, -0.2) is 25.6 Å². The third kappa shape index (κ3) is 2.34. The highest BCUT2D eigenvalue weighted by Gasteiger charge is 2.10. The topological polar surface area (TPSA) is 98.3 Å². The Balaban J connectivity index is 2.34. The Morgan fingerprint density at radius 1 is 1.39 bits per heavy atom. The van der Waals surface area contributed by atoms with Crippen molar-refractivity contribution in [3.63, 3.8) is 0 Å². The maximum Gasteiger partial charge on any atom is 0.323 e. The lowest BCUT2D eigenvalue weighted by Gasteiger charge is -2.04. The molecule has 0 bridgehead atoms. The molecule has 0 aliphatic heterocycles. The zero-order valence-corrected chi connectivity index (χ0v) is 9.18. The summed E-state index contributed by atoms with van der Waals surface area (Å²) in [4.78, 5) is 24.7. The highest BCUT2D eigenvalue weighted by molar-refractivity contribution is 5.68. The maximum atomic E-state index is 10.7. The molecule has 0 atom stereocenters. The van der Waals surface area contributed by atoms with Gasteiger partial charge in [0.15, 0.2) is 0 Å². The van der Waals surface area contributed by atoms with Gasteiger partial charge in [-0.3, -0.25) is 14.9 Å². The van der Waals surface area contributed by atoms with Crippen molar-refractivity contribution in [3.05, 3.63) is 46.8 Å². The van der Waals surface area contributed by atoms with Crippen LogP contribution in [0.1, 0.15) is 0 Å². The Morgan fingerprint density at radius 3 is 2.61 bits per heavy atom. The number of hydrogen-bond acceptors (Lipinski definition) is 4. The largest absolute Gasteiger partial charge is 0.480 e. The molecule has 92 valence electrons. The minimum atomic E-state index is -0.976. The van der Waals surface area contributed by atoms with Gasteiger partial charge in [-0.2, -0.15) is 0 Å². The number of aromatic nitrogens is 2. The molecular weight excluding hydrogens is 238 g/mol. The number of nitro benzene ring substituents is 1. The molecule has 2 rings (SSSR count). The Morgan fingerprint density at radius 2 is 2.06 bits per heavy atom. The number of carboxylic acids is 1. The summed E-state index contributed by atoms with van der Waals surface area (Å²) in [5, 5.41) is 19.3. The summed E-state index contributed by atoms with van der Waals surface area (Å²) in [7, 11) is 0. The van der Waals surface area contributed by atoms with Crippen LogP contribution in [0.25, 0.3) is 11.4 Å². The van der Waals surface area contributed by atoms with Crippen molar-refractivity contribution in [1.82, 2.24) is 9.55 Å². The number of carbonyl (C=O) groups is 1. The van der Waals surface area contributed by atoms with Crippen molar-refractivity contribution in [2.45, 2.75) is 6.54 Å². The molecule has 2 aromatic rings. The maximum absolute atomic E-state index is 10.7. The summed E-state index contributed by atoms with van der Waals surface area (Å²) in [6.07, 6.45) is 3.03. The molecule has 7 nitrogen and oxygen atoms in total. The second kappa shape index (κ2) is 4.66. The standard InChI is InChI=1S/C11H9N3O4/c15-10(16)7-13-6-5-12-11(13)8-1-3-9(4-2-8)14(17)18/h1-6H,7H2,(H,15,16). The first-order valence-electron chi connectivity index (χ1n) is 5.05. The van der Waals surface area contributed by atoms with E-state index < -0.39 is 10.9 Å². The van der Waals surface area contributed by atoms with Crippen LogP contribution in [0, 0.1) is 10.1 Å². The number of non-ortho nitro benzene ring substituents is 1. The number of nitrogens with zero attached hydrogens (tertiary/aromatic N) is 3. The molecule has 1 heterocycles. The molecule has 1 N–H and O–H groups in total. The molecule has 0 unspecified atom stereocenters. The molecule has 0 radical (unpaired) electrons. The lowest BCUT2D eigenvalue weighted by Crippen LogP contribution is -2.09. The van der Waals surface area contributed by atoms with Gasteiger partial charge in [0, 0.05) is 30.1 Å². The molecule has 0 aliphatic carbocycles. The van der Waals surface area contributed by atoms with Gasteiger partial charge in [0.2, 0.25) is 0 Å².